The molecule has 0 fully saturated rings. The normalized spacial score (nSPS) is 11.7. The molecular formula is C16H14F2N2. The van der Waals surface area contributed by atoms with E-state index in [0.29, 0.717) is 6.42 Å². The lowest BCUT2D eigenvalue weighted by Crippen LogP contribution is -2.19. The molecule has 1 unspecified atom stereocenters. The number of anilines is 1. The molecule has 1 atom stereocenters. The zero-order chi connectivity index (χ0) is 14.5. The summed E-state index contributed by atoms with van der Waals surface area (Å²) in [4.78, 5) is 0. The average Bonchev–Trinajstić information content (AvgIpc) is 2.45. The van der Waals surface area contributed by atoms with Gasteiger partial charge in [0.2, 0.25) is 0 Å². The average molecular weight is 272 g/mol. The zero-order valence-corrected chi connectivity index (χ0v) is 11.0. The van der Waals surface area contributed by atoms with Crippen molar-refractivity contribution in [1.29, 1.82) is 5.26 Å². The van der Waals surface area contributed by atoms with Gasteiger partial charge in [-0.05, 0) is 31.0 Å². The number of nitrogens with one attached hydrogen (secondary N) is 1. The fourth-order valence-electron chi connectivity index (χ4n) is 2.03. The predicted molar refractivity (Wildman–Crippen MR) is 74.3 cm³/mol. The van der Waals surface area contributed by atoms with Crippen molar-refractivity contribution in [3.63, 3.8) is 0 Å². The molecule has 0 aliphatic rings. The van der Waals surface area contributed by atoms with Gasteiger partial charge in [-0.2, -0.15) is 5.26 Å². The summed E-state index contributed by atoms with van der Waals surface area (Å²) in [7, 11) is 0. The lowest BCUT2D eigenvalue weighted by Gasteiger charge is -2.16. The lowest BCUT2D eigenvalue weighted by atomic mass is 10.1. The summed E-state index contributed by atoms with van der Waals surface area (Å²) in [6, 6.07) is 14.0. The summed E-state index contributed by atoms with van der Waals surface area (Å²) in [5.41, 5.74) is 0.899. The highest BCUT2D eigenvalue weighted by Gasteiger charge is 2.14. The van der Waals surface area contributed by atoms with E-state index in [-0.39, 0.29) is 17.3 Å². The zero-order valence-electron chi connectivity index (χ0n) is 11.0. The molecule has 0 saturated carbocycles. The van der Waals surface area contributed by atoms with Crippen LogP contribution in [0.4, 0.5) is 14.5 Å². The molecule has 2 aromatic rings. The van der Waals surface area contributed by atoms with Crippen molar-refractivity contribution in [3.05, 3.63) is 65.2 Å². The third-order valence-electron chi connectivity index (χ3n) is 2.99. The first kappa shape index (κ1) is 14.0. The van der Waals surface area contributed by atoms with E-state index in [1.807, 2.05) is 37.3 Å². The van der Waals surface area contributed by atoms with Gasteiger partial charge in [0.25, 0.3) is 0 Å². The smallest absolute Gasteiger partial charge is 0.183 e. The van der Waals surface area contributed by atoms with E-state index >= 15 is 0 Å². The van der Waals surface area contributed by atoms with E-state index in [4.69, 9.17) is 5.26 Å². The Morgan fingerprint density at radius 2 is 1.80 bits per heavy atom. The van der Waals surface area contributed by atoms with Gasteiger partial charge in [-0.15, -0.1) is 0 Å². The molecule has 0 aromatic heterocycles. The Kier molecular flexibility index (Phi) is 4.31. The van der Waals surface area contributed by atoms with Gasteiger partial charge in [-0.3, -0.25) is 0 Å². The fraction of sp³-hybridized carbons (Fsp3) is 0.188. The standard InChI is InChI=1S/C16H14F2N2/c1-11(9-12-5-3-2-4-6-12)20-14-8-7-13(10-19)15(17)16(14)18/h2-8,11,20H,9H2,1H3. The van der Waals surface area contributed by atoms with Crippen LogP contribution in [0.3, 0.4) is 0 Å². The summed E-state index contributed by atoms with van der Waals surface area (Å²) in [5, 5.41) is 11.6. The maximum absolute atomic E-state index is 13.8. The molecule has 2 nitrogen and oxygen atoms in total. The van der Waals surface area contributed by atoms with Crippen LogP contribution in [0.5, 0.6) is 0 Å². The van der Waals surface area contributed by atoms with Gasteiger partial charge in [0, 0.05) is 6.04 Å². The first-order valence-corrected chi connectivity index (χ1v) is 6.30. The van der Waals surface area contributed by atoms with Crippen molar-refractivity contribution in [1.82, 2.24) is 0 Å². The second-order valence-corrected chi connectivity index (χ2v) is 4.64. The number of nitrogens with zero attached hydrogens (tertiary/aromatic N) is 1. The Balaban J connectivity index is 2.11. The Morgan fingerprint density at radius 3 is 2.45 bits per heavy atom. The fourth-order valence-corrected chi connectivity index (χ4v) is 2.03. The third-order valence-corrected chi connectivity index (χ3v) is 2.99. The Morgan fingerprint density at radius 1 is 1.10 bits per heavy atom. The van der Waals surface area contributed by atoms with Crippen LogP contribution in [0.1, 0.15) is 18.1 Å². The van der Waals surface area contributed by atoms with Crippen LogP contribution in [-0.2, 0) is 6.42 Å². The molecule has 20 heavy (non-hydrogen) atoms. The van der Waals surface area contributed by atoms with Gasteiger partial charge >= 0.3 is 0 Å². The SMILES string of the molecule is CC(Cc1ccccc1)Nc1ccc(C#N)c(F)c1F. The van der Waals surface area contributed by atoms with Crippen molar-refractivity contribution >= 4 is 5.69 Å². The molecule has 1 N–H and O–H groups in total. The minimum Gasteiger partial charge on any atom is -0.380 e. The second-order valence-electron chi connectivity index (χ2n) is 4.64. The summed E-state index contributed by atoms with van der Waals surface area (Å²) in [6.45, 7) is 1.89. The van der Waals surface area contributed by atoms with Crippen LogP contribution in [0.2, 0.25) is 0 Å². The van der Waals surface area contributed by atoms with Crippen molar-refractivity contribution in [3.8, 4) is 6.07 Å². The molecule has 0 heterocycles. The summed E-state index contributed by atoms with van der Waals surface area (Å²) in [6.07, 6.45) is 0.696. The number of halogens is 2. The molecule has 2 aromatic carbocycles. The van der Waals surface area contributed by atoms with Crippen LogP contribution in [-0.4, -0.2) is 6.04 Å². The topological polar surface area (TPSA) is 35.8 Å². The molecule has 0 aliphatic carbocycles. The Labute approximate surface area is 116 Å². The number of hydrogen-bond acceptors (Lipinski definition) is 2. The second kappa shape index (κ2) is 6.16. The van der Waals surface area contributed by atoms with Crippen LogP contribution in [0.15, 0.2) is 42.5 Å². The molecule has 0 amide bonds. The summed E-state index contributed by atoms with van der Waals surface area (Å²) in [5.74, 6) is -2.12. The highest BCUT2D eigenvalue weighted by Crippen LogP contribution is 2.21. The minimum absolute atomic E-state index is 0.0563. The Hall–Kier alpha value is -2.41. The minimum atomic E-state index is -1.11. The number of hydrogen-bond donors (Lipinski definition) is 1. The van der Waals surface area contributed by atoms with E-state index in [0.717, 1.165) is 5.56 Å². The molecular weight excluding hydrogens is 258 g/mol. The highest BCUT2D eigenvalue weighted by atomic mass is 19.2. The molecule has 102 valence electrons. The summed E-state index contributed by atoms with van der Waals surface area (Å²) < 4.78 is 27.3. The van der Waals surface area contributed by atoms with E-state index < -0.39 is 11.6 Å². The van der Waals surface area contributed by atoms with Gasteiger partial charge < -0.3 is 5.32 Å². The van der Waals surface area contributed by atoms with Crippen LogP contribution < -0.4 is 5.32 Å². The molecule has 0 radical (unpaired) electrons. The van der Waals surface area contributed by atoms with Crippen molar-refractivity contribution in [2.45, 2.75) is 19.4 Å². The van der Waals surface area contributed by atoms with Crippen molar-refractivity contribution in [2.75, 3.05) is 5.32 Å². The van der Waals surface area contributed by atoms with Crippen LogP contribution in [0, 0.1) is 23.0 Å². The molecule has 2 rings (SSSR count). The molecule has 0 bridgehead atoms. The largest absolute Gasteiger partial charge is 0.380 e. The van der Waals surface area contributed by atoms with Gasteiger partial charge in [0.1, 0.15) is 6.07 Å². The maximum atomic E-state index is 13.8. The number of benzene rings is 2. The lowest BCUT2D eigenvalue weighted by molar-refractivity contribution is 0.507. The van der Waals surface area contributed by atoms with E-state index in [9.17, 15) is 8.78 Å². The predicted octanol–water partition coefficient (Wildman–Crippen LogP) is 3.88. The Bertz CT molecular complexity index is 633. The van der Waals surface area contributed by atoms with E-state index in [1.165, 1.54) is 12.1 Å². The summed E-state index contributed by atoms with van der Waals surface area (Å²) >= 11 is 0. The van der Waals surface area contributed by atoms with E-state index in [2.05, 4.69) is 5.32 Å². The quantitative estimate of drug-likeness (QED) is 0.916. The molecule has 0 aliphatic heterocycles. The van der Waals surface area contributed by atoms with E-state index in [1.54, 1.807) is 6.07 Å². The number of rotatable bonds is 4. The molecule has 4 heteroatoms. The van der Waals surface area contributed by atoms with Gasteiger partial charge in [0.05, 0.1) is 11.3 Å². The highest BCUT2D eigenvalue weighted by molar-refractivity contribution is 5.50. The monoisotopic (exact) mass is 272 g/mol. The maximum Gasteiger partial charge on any atom is 0.183 e. The van der Waals surface area contributed by atoms with Crippen LogP contribution >= 0.6 is 0 Å². The van der Waals surface area contributed by atoms with Crippen LogP contribution in [0.25, 0.3) is 0 Å². The first-order valence-electron chi connectivity index (χ1n) is 6.30. The third kappa shape index (κ3) is 3.12. The van der Waals surface area contributed by atoms with Gasteiger partial charge in [-0.25, -0.2) is 8.78 Å². The van der Waals surface area contributed by atoms with Gasteiger partial charge in [0.15, 0.2) is 11.6 Å². The molecule has 0 spiro atoms. The van der Waals surface area contributed by atoms with Gasteiger partial charge in [-0.1, -0.05) is 30.3 Å². The number of nitriles is 1. The van der Waals surface area contributed by atoms with Crippen molar-refractivity contribution in [2.24, 2.45) is 0 Å². The van der Waals surface area contributed by atoms with Crippen molar-refractivity contribution < 1.29 is 8.78 Å². The first-order chi connectivity index (χ1) is 9.61. The molecule has 0 saturated heterocycles.